The first-order valence-corrected chi connectivity index (χ1v) is 3.38. The van der Waals surface area contributed by atoms with Crippen LogP contribution in [-0.2, 0) is 0 Å². The summed E-state index contributed by atoms with van der Waals surface area (Å²) in [6.45, 7) is 0. The molecule has 13 heavy (non-hydrogen) atoms. The SMILES string of the molecule is Cl.Cl.N#Cc1c[nH]c2ccccc12. The average Bonchev–Trinajstić information content (AvgIpc) is 2.47. The number of para-hydroxylation sites is 1. The molecule has 2 rings (SSSR count). The van der Waals surface area contributed by atoms with E-state index in [4.69, 9.17) is 5.26 Å². The monoisotopic (exact) mass is 214 g/mol. The van der Waals surface area contributed by atoms with Gasteiger partial charge in [-0.3, -0.25) is 0 Å². The third-order valence-electron chi connectivity index (χ3n) is 1.71. The number of nitrogens with zero attached hydrogens (tertiary/aromatic N) is 1. The molecule has 0 bridgehead atoms. The lowest BCUT2D eigenvalue weighted by Crippen LogP contribution is -1.66. The summed E-state index contributed by atoms with van der Waals surface area (Å²) < 4.78 is 0. The van der Waals surface area contributed by atoms with Crippen LogP contribution in [0.15, 0.2) is 30.5 Å². The van der Waals surface area contributed by atoms with Crippen LogP contribution in [0, 0.1) is 11.3 Å². The third-order valence-corrected chi connectivity index (χ3v) is 1.71. The van der Waals surface area contributed by atoms with Crippen LogP contribution in [0.1, 0.15) is 5.56 Å². The van der Waals surface area contributed by atoms with Crippen molar-refractivity contribution in [1.82, 2.24) is 4.98 Å². The number of fused-ring (bicyclic) bond motifs is 1. The molecular formula is C9H8Cl2N2. The third kappa shape index (κ3) is 1.95. The maximum atomic E-state index is 8.65. The number of rotatable bonds is 0. The summed E-state index contributed by atoms with van der Waals surface area (Å²) in [5, 5.41) is 9.65. The van der Waals surface area contributed by atoms with E-state index in [1.165, 1.54) is 0 Å². The first-order chi connectivity index (χ1) is 5.42. The highest BCUT2D eigenvalue weighted by atomic mass is 35.5. The van der Waals surface area contributed by atoms with Crippen LogP contribution >= 0.6 is 24.8 Å². The fraction of sp³-hybridized carbons (Fsp3) is 0. The summed E-state index contributed by atoms with van der Waals surface area (Å²) in [6, 6.07) is 9.88. The fourth-order valence-electron chi connectivity index (χ4n) is 1.16. The second kappa shape index (κ2) is 4.76. The molecule has 68 valence electrons. The number of halogens is 2. The van der Waals surface area contributed by atoms with Crippen LogP contribution in [0.2, 0.25) is 0 Å². The predicted molar refractivity (Wildman–Crippen MR) is 57.5 cm³/mol. The predicted octanol–water partition coefficient (Wildman–Crippen LogP) is 2.88. The minimum Gasteiger partial charge on any atom is -0.360 e. The van der Waals surface area contributed by atoms with Crippen molar-refractivity contribution in [2.24, 2.45) is 0 Å². The zero-order valence-corrected chi connectivity index (χ0v) is 8.28. The molecule has 2 nitrogen and oxygen atoms in total. The summed E-state index contributed by atoms with van der Waals surface area (Å²) in [5.74, 6) is 0. The molecule has 0 radical (unpaired) electrons. The van der Waals surface area contributed by atoms with Crippen LogP contribution in [0.5, 0.6) is 0 Å². The maximum Gasteiger partial charge on any atom is 0.101 e. The fourth-order valence-corrected chi connectivity index (χ4v) is 1.16. The van der Waals surface area contributed by atoms with Crippen molar-refractivity contribution in [2.75, 3.05) is 0 Å². The molecule has 1 N–H and O–H groups in total. The molecule has 0 unspecified atom stereocenters. The van der Waals surface area contributed by atoms with Crippen molar-refractivity contribution in [3.8, 4) is 6.07 Å². The summed E-state index contributed by atoms with van der Waals surface area (Å²) in [5.41, 5.74) is 1.73. The Balaban J connectivity index is 0.000000720. The van der Waals surface area contributed by atoms with Gasteiger partial charge in [-0.05, 0) is 6.07 Å². The Hall–Kier alpha value is -1.17. The highest BCUT2D eigenvalue weighted by Gasteiger charge is 1.98. The summed E-state index contributed by atoms with van der Waals surface area (Å²) in [7, 11) is 0. The Bertz CT molecular complexity index is 428. The van der Waals surface area contributed by atoms with E-state index in [1.54, 1.807) is 6.20 Å². The molecule has 1 aromatic carbocycles. The maximum absolute atomic E-state index is 8.65. The molecule has 0 saturated carbocycles. The summed E-state index contributed by atoms with van der Waals surface area (Å²) in [6.07, 6.45) is 1.73. The first-order valence-electron chi connectivity index (χ1n) is 3.38. The van der Waals surface area contributed by atoms with Gasteiger partial charge in [0.15, 0.2) is 0 Å². The van der Waals surface area contributed by atoms with Gasteiger partial charge in [0.05, 0.1) is 5.56 Å². The minimum absolute atomic E-state index is 0. The molecule has 4 heteroatoms. The van der Waals surface area contributed by atoms with E-state index in [0.29, 0.717) is 5.56 Å². The van der Waals surface area contributed by atoms with E-state index < -0.39 is 0 Å². The Morgan fingerprint density at radius 2 is 1.85 bits per heavy atom. The van der Waals surface area contributed by atoms with E-state index >= 15 is 0 Å². The van der Waals surface area contributed by atoms with Crippen molar-refractivity contribution in [3.63, 3.8) is 0 Å². The number of nitriles is 1. The number of nitrogens with one attached hydrogen (secondary N) is 1. The quantitative estimate of drug-likeness (QED) is 0.720. The Morgan fingerprint density at radius 3 is 2.54 bits per heavy atom. The lowest BCUT2D eigenvalue weighted by molar-refractivity contribution is 1.45. The van der Waals surface area contributed by atoms with E-state index in [-0.39, 0.29) is 24.8 Å². The second-order valence-corrected chi connectivity index (χ2v) is 2.36. The molecule has 0 aliphatic heterocycles. The number of H-pyrrole nitrogens is 1. The van der Waals surface area contributed by atoms with Gasteiger partial charge in [0, 0.05) is 17.1 Å². The van der Waals surface area contributed by atoms with Gasteiger partial charge in [-0.25, -0.2) is 0 Å². The molecule has 2 aromatic rings. The molecule has 0 aliphatic rings. The normalized spacial score (nSPS) is 8.23. The molecule has 1 heterocycles. The highest BCUT2D eigenvalue weighted by Crippen LogP contribution is 2.15. The smallest absolute Gasteiger partial charge is 0.101 e. The molecule has 0 aliphatic carbocycles. The molecule has 1 aromatic heterocycles. The van der Waals surface area contributed by atoms with Crippen molar-refractivity contribution < 1.29 is 0 Å². The van der Waals surface area contributed by atoms with Crippen LogP contribution in [-0.4, -0.2) is 4.98 Å². The number of hydrogen-bond acceptors (Lipinski definition) is 1. The van der Waals surface area contributed by atoms with Crippen molar-refractivity contribution in [2.45, 2.75) is 0 Å². The van der Waals surface area contributed by atoms with Gasteiger partial charge in [-0.2, -0.15) is 5.26 Å². The van der Waals surface area contributed by atoms with E-state index in [1.807, 2.05) is 24.3 Å². The van der Waals surface area contributed by atoms with E-state index in [9.17, 15) is 0 Å². The minimum atomic E-state index is 0. The lowest BCUT2D eigenvalue weighted by atomic mass is 10.2. The van der Waals surface area contributed by atoms with E-state index in [2.05, 4.69) is 11.1 Å². The molecular weight excluding hydrogens is 207 g/mol. The van der Waals surface area contributed by atoms with Gasteiger partial charge in [-0.15, -0.1) is 24.8 Å². The van der Waals surface area contributed by atoms with Gasteiger partial charge in [0.2, 0.25) is 0 Å². The number of aromatic amines is 1. The Morgan fingerprint density at radius 1 is 1.15 bits per heavy atom. The highest BCUT2D eigenvalue weighted by molar-refractivity contribution is 5.86. The number of aromatic nitrogens is 1. The van der Waals surface area contributed by atoms with Gasteiger partial charge < -0.3 is 4.98 Å². The van der Waals surface area contributed by atoms with Crippen molar-refractivity contribution in [1.29, 1.82) is 5.26 Å². The van der Waals surface area contributed by atoms with Crippen LogP contribution in [0.4, 0.5) is 0 Å². The van der Waals surface area contributed by atoms with Gasteiger partial charge in [-0.1, -0.05) is 18.2 Å². The first kappa shape index (κ1) is 11.8. The van der Waals surface area contributed by atoms with E-state index in [0.717, 1.165) is 10.9 Å². The van der Waals surface area contributed by atoms with Gasteiger partial charge >= 0.3 is 0 Å². The summed E-state index contributed by atoms with van der Waals surface area (Å²) in [4.78, 5) is 3.02. The zero-order valence-electron chi connectivity index (χ0n) is 6.65. The van der Waals surface area contributed by atoms with Crippen LogP contribution in [0.3, 0.4) is 0 Å². The molecule has 0 saturated heterocycles. The Kier molecular flexibility index (Phi) is 4.33. The van der Waals surface area contributed by atoms with Gasteiger partial charge in [0.25, 0.3) is 0 Å². The Labute approximate surface area is 88.4 Å². The summed E-state index contributed by atoms with van der Waals surface area (Å²) >= 11 is 0. The van der Waals surface area contributed by atoms with Crippen LogP contribution in [0.25, 0.3) is 10.9 Å². The standard InChI is InChI=1S/C9H6N2.2ClH/c10-5-7-6-11-9-4-2-1-3-8(7)9;;/h1-4,6,11H;2*1H. The molecule has 0 amide bonds. The lowest BCUT2D eigenvalue weighted by Gasteiger charge is -1.85. The largest absolute Gasteiger partial charge is 0.360 e. The number of hydrogen-bond donors (Lipinski definition) is 1. The van der Waals surface area contributed by atoms with Crippen molar-refractivity contribution in [3.05, 3.63) is 36.0 Å². The van der Waals surface area contributed by atoms with Gasteiger partial charge in [0.1, 0.15) is 6.07 Å². The van der Waals surface area contributed by atoms with Crippen molar-refractivity contribution >= 4 is 35.7 Å². The topological polar surface area (TPSA) is 39.6 Å². The average molecular weight is 215 g/mol. The number of benzene rings is 1. The molecule has 0 spiro atoms. The molecule has 0 atom stereocenters. The molecule has 0 fully saturated rings. The zero-order chi connectivity index (χ0) is 7.68. The van der Waals surface area contributed by atoms with Crippen LogP contribution < -0.4 is 0 Å². The second-order valence-electron chi connectivity index (χ2n) is 2.36.